The van der Waals surface area contributed by atoms with Crippen LogP contribution in [0.25, 0.3) is 82.3 Å². The molecule has 1 atom stereocenters. The fourth-order valence-electron chi connectivity index (χ4n) is 16.0. The normalized spacial score (nSPS) is 14.7. The number of ether oxygens (including phenoxy) is 5. The quantitative estimate of drug-likeness (QED) is 0.0160. The van der Waals surface area contributed by atoms with Crippen LogP contribution in [0.2, 0.25) is 0 Å². The molecule has 5 fully saturated rings. The lowest BCUT2D eigenvalue weighted by atomic mass is 9.99. The number of aryl methyl sites for hydroxylation is 1. The molecule has 5 aromatic heterocycles. The second kappa shape index (κ2) is 37.6. The van der Waals surface area contributed by atoms with Crippen LogP contribution >= 0.6 is 123 Å². The number of hydrogen-bond acceptors (Lipinski definition) is 25. The number of carbonyl (C=O) groups excluding carboxylic acids is 5. The Morgan fingerprint density at radius 3 is 0.784 bits per heavy atom. The Morgan fingerprint density at radius 2 is 0.520 bits per heavy atom. The van der Waals surface area contributed by atoms with Gasteiger partial charge in [0.15, 0.2) is 31.9 Å². The largest absolute Gasteiger partial charge is 0.461 e. The van der Waals surface area contributed by atoms with Crippen LogP contribution in [0.15, 0.2) is 227 Å². The molecule has 0 saturated heterocycles. The number of hydrogen-bond donors (Lipinski definition) is 0. The Labute approximate surface area is 771 Å². The zero-order valence-electron chi connectivity index (χ0n) is 67.1. The predicted octanol–water partition coefficient (Wildman–Crippen LogP) is 20.4. The van der Waals surface area contributed by atoms with E-state index >= 15 is 0 Å². The Morgan fingerprint density at radius 1 is 0.296 bits per heavy atom. The fourth-order valence-corrected chi connectivity index (χ4v) is 21.9. The number of carbonyl (C=O) groups is 5. The summed E-state index contributed by atoms with van der Waals surface area (Å²) in [6.07, 6.45) is 10.8. The number of thioether (sulfide) groups is 5. The molecule has 5 saturated carbocycles. The van der Waals surface area contributed by atoms with Crippen molar-refractivity contribution in [3.8, 4) is 28.4 Å². The molecule has 0 radical (unpaired) electrons. The van der Waals surface area contributed by atoms with Gasteiger partial charge in [0, 0.05) is 26.9 Å². The Bertz CT molecular complexity index is 6390. The summed E-state index contributed by atoms with van der Waals surface area (Å²) in [7, 11) is 0. The molecule has 20 rings (SSSR count). The summed E-state index contributed by atoms with van der Waals surface area (Å²) < 4.78 is 39.7. The van der Waals surface area contributed by atoms with Crippen molar-refractivity contribution in [2.24, 2.45) is 0 Å². The van der Waals surface area contributed by atoms with Gasteiger partial charge in [0.1, 0.15) is 32.3 Å². The number of fused-ring (bicyclic) bond motifs is 5. The van der Waals surface area contributed by atoms with Crippen molar-refractivity contribution < 1.29 is 47.7 Å². The van der Waals surface area contributed by atoms with Gasteiger partial charge in [0.05, 0.1) is 57.2 Å². The minimum atomic E-state index is -1.14. The van der Waals surface area contributed by atoms with Gasteiger partial charge in [-0.1, -0.05) is 210 Å². The molecule has 25 nitrogen and oxygen atoms in total. The highest BCUT2D eigenvalue weighted by molar-refractivity contribution is 9.11. The number of rotatable bonds is 33. The van der Waals surface area contributed by atoms with Crippen LogP contribution in [0.5, 0.6) is 0 Å². The molecule has 0 aliphatic heterocycles. The Hall–Kier alpha value is -9.78. The third kappa shape index (κ3) is 18.9. The first-order valence-electron chi connectivity index (χ1n) is 41.0. The standard InChI is InChI=1S/C55H47Br2N9O6S3.C36H30Br2N6O4S2/c1-31-58-61-53(64(31)45-23-20-36(32-14-15-32)39-8-2-5-11-42(39)45)73-28-48(67)70-26-35(72-50(69)30-75-55-63-60-52(57)66(55)47-25-22-38(34-18-19-34)41-10-4-7-13-44(41)47)27-71-49(68)29-74-54-62-59-51(56)65(54)46-24-21-37(33-16-17-33)40-9-3-6-12-43(40)46;37-33-39-41-35(43(33)29-15-13-23(21-9-10-21)25-5-1-3-7-27(25)29)49-19-31(45)47-17-18-48-32(46)20-50-36-42-40-34(38)44(36)30-16-14-24(22-11-12-22)26-6-2-4-8-28(26)30/h2-13,20-25,32-35H,14-19,26-30H2,1H3;1-8,13-16,21-22H,9-12,17-20H2. The van der Waals surface area contributed by atoms with Crippen LogP contribution in [0, 0.1) is 6.92 Å². The zero-order chi connectivity index (χ0) is 85.3. The molecule has 1 unspecified atom stereocenters. The summed E-state index contributed by atoms with van der Waals surface area (Å²) in [6.45, 7) is 1.02. The predicted molar refractivity (Wildman–Crippen MR) is 497 cm³/mol. The van der Waals surface area contributed by atoms with Gasteiger partial charge in [0.25, 0.3) is 0 Å². The Balaban J connectivity index is 0.000000177. The van der Waals surface area contributed by atoms with Crippen LogP contribution in [0.3, 0.4) is 0 Å². The average molecular weight is 2020 g/mol. The highest BCUT2D eigenvalue weighted by Gasteiger charge is 2.34. The molecule has 34 heteroatoms. The van der Waals surface area contributed by atoms with E-state index in [4.69, 9.17) is 23.7 Å². The molecular formula is C91H77Br4N15O10S5. The molecule has 0 spiro atoms. The highest BCUT2D eigenvalue weighted by atomic mass is 79.9. The van der Waals surface area contributed by atoms with Crippen LogP contribution in [0.1, 0.15) is 127 Å². The van der Waals surface area contributed by atoms with E-state index in [0.29, 0.717) is 80.1 Å². The van der Waals surface area contributed by atoms with E-state index in [1.165, 1.54) is 154 Å². The lowest BCUT2D eigenvalue weighted by molar-refractivity contribution is -0.163. The van der Waals surface area contributed by atoms with Crippen molar-refractivity contribution in [1.29, 1.82) is 0 Å². The van der Waals surface area contributed by atoms with E-state index in [-0.39, 0.29) is 55.2 Å². The van der Waals surface area contributed by atoms with Crippen molar-refractivity contribution in [3.63, 3.8) is 0 Å². The molecule has 0 bridgehead atoms. The first-order valence-corrected chi connectivity index (χ1v) is 49.1. The molecule has 15 aromatic rings. The molecule has 0 amide bonds. The lowest BCUT2D eigenvalue weighted by Gasteiger charge is -2.18. The maximum atomic E-state index is 13.7. The molecule has 10 aromatic carbocycles. The van der Waals surface area contributed by atoms with Crippen molar-refractivity contribution in [3.05, 3.63) is 235 Å². The lowest BCUT2D eigenvalue weighted by Crippen LogP contribution is -2.32. The van der Waals surface area contributed by atoms with E-state index in [2.05, 4.69) is 254 Å². The van der Waals surface area contributed by atoms with Crippen molar-refractivity contribution in [1.82, 2.24) is 73.8 Å². The summed E-state index contributed by atoms with van der Waals surface area (Å²) in [5.41, 5.74) is 11.3. The smallest absolute Gasteiger partial charge is 0.316 e. The molecule has 125 heavy (non-hydrogen) atoms. The summed E-state index contributed by atoms with van der Waals surface area (Å²) in [6, 6.07) is 62.8. The van der Waals surface area contributed by atoms with Crippen LogP contribution in [-0.4, -0.2) is 165 Å². The van der Waals surface area contributed by atoms with Gasteiger partial charge >= 0.3 is 29.8 Å². The van der Waals surface area contributed by atoms with E-state index in [0.717, 1.165) is 78.9 Å². The maximum absolute atomic E-state index is 13.7. The van der Waals surface area contributed by atoms with Crippen molar-refractivity contribution in [2.45, 2.75) is 133 Å². The monoisotopic (exact) mass is 2020 g/mol. The molecule has 5 heterocycles. The van der Waals surface area contributed by atoms with E-state index < -0.39 is 36.0 Å². The topological polar surface area (TPSA) is 285 Å². The van der Waals surface area contributed by atoms with Gasteiger partial charge in [-0.25, -0.2) is 0 Å². The van der Waals surface area contributed by atoms with Crippen LogP contribution in [-0.2, 0) is 47.7 Å². The minimum Gasteiger partial charge on any atom is -0.461 e. The fraction of sp³-hybridized carbons (Fsp3) is 0.286. The zero-order valence-corrected chi connectivity index (χ0v) is 77.5. The van der Waals surface area contributed by atoms with Gasteiger partial charge in [-0.3, -0.25) is 46.8 Å². The second-order valence-electron chi connectivity index (χ2n) is 31.0. The number of benzene rings is 10. The van der Waals surface area contributed by atoms with Gasteiger partial charge in [0.2, 0.25) is 18.9 Å². The van der Waals surface area contributed by atoms with E-state index in [1.54, 1.807) is 0 Å². The molecule has 0 N–H and O–H groups in total. The minimum absolute atomic E-state index is 0.0217. The van der Waals surface area contributed by atoms with Crippen molar-refractivity contribution >= 4 is 206 Å². The van der Waals surface area contributed by atoms with E-state index in [9.17, 15) is 24.0 Å². The van der Waals surface area contributed by atoms with E-state index in [1.807, 2.05) is 72.2 Å². The van der Waals surface area contributed by atoms with Crippen LogP contribution < -0.4 is 0 Å². The number of halogens is 4. The molecular weight excluding hydrogens is 1940 g/mol. The second-order valence-corrected chi connectivity index (χ2v) is 38.6. The number of esters is 5. The van der Waals surface area contributed by atoms with Gasteiger partial charge in [-0.15, -0.1) is 51.0 Å². The third-order valence-corrected chi connectivity index (χ3v) is 29.1. The number of nitrogens with zero attached hydrogens (tertiary/aromatic N) is 15. The summed E-state index contributed by atoms with van der Waals surface area (Å²) >= 11 is 20.2. The first kappa shape index (κ1) is 84.7. The molecule has 5 aliphatic carbocycles. The summed E-state index contributed by atoms with van der Waals surface area (Å²) in [5.74, 6) is 0.515. The van der Waals surface area contributed by atoms with Gasteiger partial charge in [-0.2, -0.15) is 0 Å². The van der Waals surface area contributed by atoms with Crippen LogP contribution in [0.4, 0.5) is 0 Å². The van der Waals surface area contributed by atoms with Crippen molar-refractivity contribution in [2.75, 3.05) is 55.2 Å². The SMILES string of the molecule is Cc1nnc(SCC(=O)OCC(COC(=O)CSc2nnc(Br)n2-c2ccc(C3CC3)c3ccccc23)OC(=O)CSc2nnc(Br)n2-c2ccc(C3CC3)c3ccccc23)n1-c1ccc(C2CC2)c2ccccc12.O=C(CSc1nnc(Br)n1-c1ccc(C2CC2)c2ccccc12)OCCOC(=O)CSc1nnc(Br)n1-c1ccc(C2CC2)c2ccccc12. The number of aromatic nitrogens is 15. The Kier molecular flexibility index (Phi) is 25.5. The molecule has 5 aliphatic rings. The van der Waals surface area contributed by atoms with Gasteiger partial charge in [-0.05, 0) is 250 Å². The molecule has 634 valence electrons. The first-order chi connectivity index (χ1) is 61.1. The third-order valence-electron chi connectivity index (χ3n) is 22.5. The van der Waals surface area contributed by atoms with Gasteiger partial charge < -0.3 is 23.7 Å². The highest BCUT2D eigenvalue weighted by Crippen LogP contribution is 2.50. The maximum Gasteiger partial charge on any atom is 0.316 e. The average Bonchev–Trinajstić information content (AvgIpc) is 1.76. The summed E-state index contributed by atoms with van der Waals surface area (Å²) in [4.78, 5) is 66.0. The summed E-state index contributed by atoms with van der Waals surface area (Å²) in [5, 5.41) is 57.1.